The summed E-state index contributed by atoms with van der Waals surface area (Å²) in [4.78, 5) is 11.4. The minimum atomic E-state index is -1.83. The summed E-state index contributed by atoms with van der Waals surface area (Å²) in [7, 11) is -1.83. The summed E-state index contributed by atoms with van der Waals surface area (Å²) in [5, 5.41) is 9.39. The number of benzene rings is 2. The maximum atomic E-state index is 11.4. The summed E-state index contributed by atoms with van der Waals surface area (Å²) < 4.78 is 5.86. The van der Waals surface area contributed by atoms with Gasteiger partial charge >= 0.3 is 5.97 Å². The lowest BCUT2D eigenvalue weighted by Gasteiger charge is -2.21. The molecule has 0 heterocycles. The smallest absolute Gasteiger partial charge is 0.339 e. The van der Waals surface area contributed by atoms with E-state index in [0.29, 0.717) is 12.2 Å². The van der Waals surface area contributed by atoms with E-state index in [2.05, 4.69) is 0 Å². The normalized spacial score (nSPS) is 11.2. The first kappa shape index (κ1) is 15.3. The van der Waals surface area contributed by atoms with E-state index in [1.54, 1.807) is 12.1 Å². The first-order chi connectivity index (χ1) is 9.85. The summed E-state index contributed by atoms with van der Waals surface area (Å²) in [5.74, 6) is -0.475. The third-order valence-corrected chi connectivity index (χ3v) is 3.77. The van der Waals surface area contributed by atoms with Gasteiger partial charge in [0.25, 0.3) is 0 Å². The summed E-state index contributed by atoms with van der Waals surface area (Å²) in [6.45, 7) is 6.11. The molecule has 2 aromatic rings. The average molecular weight is 300 g/mol. The highest BCUT2D eigenvalue weighted by molar-refractivity contribution is 6.70. The second kappa shape index (κ2) is 6.14. The molecule has 0 aromatic heterocycles. The lowest BCUT2D eigenvalue weighted by molar-refractivity contribution is 0.0694. The van der Waals surface area contributed by atoms with Crippen LogP contribution in [0.15, 0.2) is 48.5 Å². The van der Waals surface area contributed by atoms with Gasteiger partial charge in [0.15, 0.2) is 0 Å². The molecule has 3 nitrogen and oxygen atoms in total. The lowest BCUT2D eigenvalue weighted by Crippen LogP contribution is -2.30. The van der Waals surface area contributed by atoms with Crippen LogP contribution < -0.4 is 4.43 Å². The van der Waals surface area contributed by atoms with Gasteiger partial charge in [0.1, 0.15) is 11.3 Å². The van der Waals surface area contributed by atoms with Crippen LogP contribution in [0.5, 0.6) is 5.75 Å². The standard InChI is InChI=1S/C17H20O3Si/c1-21(2,3)20-16-10-9-14(12-15(16)17(18)19)11-13-7-5-4-6-8-13/h4-10,12H,11H2,1-3H3,(H,18,19). The Morgan fingerprint density at radius 2 is 1.71 bits per heavy atom. The SMILES string of the molecule is C[Si](C)(C)Oc1ccc(Cc2ccccc2)cc1C(=O)O. The van der Waals surface area contributed by atoms with Gasteiger partial charge in [-0.05, 0) is 49.3 Å². The molecule has 0 fully saturated rings. The van der Waals surface area contributed by atoms with Crippen LogP contribution in [-0.4, -0.2) is 19.4 Å². The van der Waals surface area contributed by atoms with Crippen LogP contribution in [0.4, 0.5) is 0 Å². The highest BCUT2D eigenvalue weighted by Crippen LogP contribution is 2.24. The van der Waals surface area contributed by atoms with Crippen molar-refractivity contribution in [3.8, 4) is 5.75 Å². The fourth-order valence-electron chi connectivity index (χ4n) is 2.10. The molecule has 0 saturated carbocycles. The van der Waals surface area contributed by atoms with Gasteiger partial charge in [-0.15, -0.1) is 0 Å². The van der Waals surface area contributed by atoms with E-state index >= 15 is 0 Å². The highest BCUT2D eigenvalue weighted by Gasteiger charge is 2.20. The Bertz CT molecular complexity index is 630. The molecule has 0 radical (unpaired) electrons. The quantitative estimate of drug-likeness (QED) is 0.842. The molecule has 0 spiro atoms. The van der Waals surface area contributed by atoms with E-state index in [9.17, 15) is 9.90 Å². The van der Waals surface area contributed by atoms with Crippen LogP contribution in [0.2, 0.25) is 19.6 Å². The van der Waals surface area contributed by atoms with Gasteiger partial charge < -0.3 is 9.53 Å². The van der Waals surface area contributed by atoms with Crippen molar-refractivity contribution in [1.29, 1.82) is 0 Å². The predicted octanol–water partition coefficient (Wildman–Crippen LogP) is 4.19. The molecule has 1 N–H and O–H groups in total. The molecule has 0 atom stereocenters. The molecule has 0 bridgehead atoms. The van der Waals surface area contributed by atoms with Gasteiger partial charge in [0.2, 0.25) is 8.32 Å². The van der Waals surface area contributed by atoms with Crippen molar-refractivity contribution < 1.29 is 14.3 Å². The van der Waals surface area contributed by atoms with E-state index in [0.717, 1.165) is 11.1 Å². The van der Waals surface area contributed by atoms with E-state index in [1.165, 1.54) is 0 Å². The molecule has 4 heteroatoms. The van der Waals surface area contributed by atoms with Crippen LogP contribution in [-0.2, 0) is 6.42 Å². The first-order valence-corrected chi connectivity index (χ1v) is 10.4. The molecule has 0 aliphatic rings. The molecular formula is C17H20O3Si. The number of rotatable bonds is 5. The van der Waals surface area contributed by atoms with Crippen LogP contribution >= 0.6 is 0 Å². The highest BCUT2D eigenvalue weighted by atomic mass is 28.4. The Morgan fingerprint density at radius 3 is 2.29 bits per heavy atom. The minimum absolute atomic E-state index is 0.242. The van der Waals surface area contributed by atoms with Crippen molar-refractivity contribution in [3.05, 3.63) is 65.2 Å². The fraction of sp³-hybridized carbons (Fsp3) is 0.235. The number of hydrogen-bond acceptors (Lipinski definition) is 2. The zero-order chi connectivity index (χ0) is 15.5. The molecule has 2 aromatic carbocycles. The number of carboxylic acids is 1. The Morgan fingerprint density at radius 1 is 1.05 bits per heavy atom. The maximum Gasteiger partial charge on any atom is 0.339 e. The fourth-order valence-corrected chi connectivity index (χ4v) is 2.94. The van der Waals surface area contributed by atoms with Gasteiger partial charge in [-0.2, -0.15) is 0 Å². The maximum absolute atomic E-state index is 11.4. The summed E-state index contributed by atoms with van der Waals surface area (Å²) in [6.07, 6.45) is 0.717. The topological polar surface area (TPSA) is 46.5 Å². The zero-order valence-electron chi connectivity index (χ0n) is 12.6. The van der Waals surface area contributed by atoms with Crippen LogP contribution in [0.25, 0.3) is 0 Å². The van der Waals surface area contributed by atoms with E-state index in [1.807, 2.05) is 56.0 Å². The van der Waals surface area contributed by atoms with E-state index < -0.39 is 14.3 Å². The Balaban J connectivity index is 2.30. The zero-order valence-corrected chi connectivity index (χ0v) is 13.6. The summed E-state index contributed by atoms with van der Waals surface area (Å²) >= 11 is 0. The van der Waals surface area contributed by atoms with Crippen LogP contribution in [0.3, 0.4) is 0 Å². The largest absolute Gasteiger partial charge is 0.544 e. The van der Waals surface area contributed by atoms with Crippen molar-refractivity contribution >= 4 is 14.3 Å². The number of hydrogen-bond donors (Lipinski definition) is 1. The van der Waals surface area contributed by atoms with Crippen molar-refractivity contribution in [3.63, 3.8) is 0 Å². The summed E-state index contributed by atoms with van der Waals surface area (Å²) in [6, 6.07) is 15.4. The molecule has 21 heavy (non-hydrogen) atoms. The number of aromatic carboxylic acids is 1. The van der Waals surface area contributed by atoms with Crippen molar-refractivity contribution in [2.45, 2.75) is 26.1 Å². The molecule has 2 rings (SSSR count). The van der Waals surface area contributed by atoms with Gasteiger partial charge in [-0.25, -0.2) is 4.79 Å². The number of carbonyl (C=O) groups is 1. The molecule has 0 saturated heterocycles. The second-order valence-corrected chi connectivity index (χ2v) is 10.4. The minimum Gasteiger partial charge on any atom is -0.544 e. The Kier molecular flexibility index (Phi) is 4.48. The molecular weight excluding hydrogens is 280 g/mol. The van der Waals surface area contributed by atoms with Gasteiger partial charge in [-0.3, -0.25) is 0 Å². The van der Waals surface area contributed by atoms with Crippen molar-refractivity contribution in [2.24, 2.45) is 0 Å². The predicted molar refractivity (Wildman–Crippen MR) is 86.6 cm³/mol. The lowest BCUT2D eigenvalue weighted by atomic mass is 10.0. The van der Waals surface area contributed by atoms with Crippen LogP contribution in [0, 0.1) is 0 Å². The van der Waals surface area contributed by atoms with Crippen molar-refractivity contribution in [2.75, 3.05) is 0 Å². The van der Waals surface area contributed by atoms with Gasteiger partial charge in [-0.1, -0.05) is 36.4 Å². The molecule has 110 valence electrons. The second-order valence-electron chi connectivity index (χ2n) is 6.01. The molecule has 0 aliphatic carbocycles. The monoisotopic (exact) mass is 300 g/mol. The molecule has 0 unspecified atom stereocenters. The molecule has 0 aliphatic heterocycles. The summed E-state index contributed by atoms with van der Waals surface area (Å²) in [5.41, 5.74) is 2.38. The van der Waals surface area contributed by atoms with E-state index in [-0.39, 0.29) is 5.56 Å². The van der Waals surface area contributed by atoms with Gasteiger partial charge in [0, 0.05) is 0 Å². The van der Waals surface area contributed by atoms with Crippen LogP contribution in [0.1, 0.15) is 21.5 Å². The number of carboxylic acid groups (broad SMARTS) is 1. The first-order valence-electron chi connectivity index (χ1n) is 6.94. The van der Waals surface area contributed by atoms with Crippen molar-refractivity contribution in [1.82, 2.24) is 0 Å². The molecule has 0 amide bonds. The van der Waals surface area contributed by atoms with Gasteiger partial charge in [0.05, 0.1) is 0 Å². The van der Waals surface area contributed by atoms with E-state index in [4.69, 9.17) is 4.43 Å². The third-order valence-electron chi connectivity index (χ3n) is 2.94. The Labute approximate surface area is 126 Å². The Hall–Kier alpha value is -2.07. The third kappa shape index (κ3) is 4.46. The average Bonchev–Trinajstić information content (AvgIpc) is 2.40.